The van der Waals surface area contributed by atoms with Crippen LogP contribution in [0.3, 0.4) is 0 Å². The second-order valence-corrected chi connectivity index (χ2v) is 2.82. The highest BCUT2D eigenvalue weighted by Crippen LogP contribution is 2.22. The van der Waals surface area contributed by atoms with Crippen molar-refractivity contribution in [2.45, 2.75) is 20.8 Å². The van der Waals surface area contributed by atoms with Crippen LogP contribution in [0.1, 0.15) is 16.7 Å². The van der Waals surface area contributed by atoms with Crippen molar-refractivity contribution in [3.63, 3.8) is 0 Å². The topological polar surface area (TPSA) is 0 Å². The van der Waals surface area contributed by atoms with E-state index in [0.29, 0.717) is 0 Å². The molecule has 0 amide bonds. The van der Waals surface area contributed by atoms with Crippen LogP contribution in [0.5, 0.6) is 0 Å². The van der Waals surface area contributed by atoms with E-state index in [4.69, 9.17) is 0 Å². The Morgan fingerprint density at radius 3 is 0.917 bits per heavy atom. The highest BCUT2D eigenvalue weighted by atomic mass is 19.1. The van der Waals surface area contributed by atoms with Crippen LogP contribution in [0, 0.1) is 38.2 Å². The molecular weight excluding hydrogens is 165 g/mol. The Kier molecular flexibility index (Phi) is 2.13. The molecule has 0 fully saturated rings. The Morgan fingerprint density at radius 1 is 0.583 bits per heavy atom. The van der Waals surface area contributed by atoms with Crippen molar-refractivity contribution >= 4 is 0 Å². The molecule has 0 radical (unpaired) electrons. The molecule has 1 aromatic rings. The van der Waals surface area contributed by atoms with E-state index in [1.54, 1.807) is 0 Å². The van der Waals surface area contributed by atoms with Crippen molar-refractivity contribution in [2.24, 2.45) is 0 Å². The van der Waals surface area contributed by atoms with Gasteiger partial charge in [-0.3, -0.25) is 0 Å². The summed E-state index contributed by atoms with van der Waals surface area (Å²) >= 11 is 0. The summed E-state index contributed by atoms with van der Waals surface area (Å²) in [6.07, 6.45) is 0. The van der Waals surface area contributed by atoms with E-state index in [9.17, 15) is 13.2 Å². The third-order valence-electron chi connectivity index (χ3n) is 1.98. The van der Waals surface area contributed by atoms with E-state index in [0.717, 1.165) is 0 Å². The largest absolute Gasteiger partial charge is 0.206 e. The highest BCUT2D eigenvalue weighted by Gasteiger charge is 2.16. The zero-order chi connectivity index (χ0) is 9.46. The first kappa shape index (κ1) is 9.10. The average molecular weight is 174 g/mol. The van der Waals surface area contributed by atoms with Gasteiger partial charge in [-0.2, -0.15) is 0 Å². The SMILES string of the molecule is Cc1c(F)c(C)c(F)c(C)c1F. The Hall–Kier alpha value is -0.990. The summed E-state index contributed by atoms with van der Waals surface area (Å²) in [6, 6.07) is 0. The lowest BCUT2D eigenvalue weighted by molar-refractivity contribution is 0.512. The lowest BCUT2D eigenvalue weighted by Crippen LogP contribution is -2.01. The molecule has 0 nitrogen and oxygen atoms in total. The molecule has 0 aliphatic rings. The van der Waals surface area contributed by atoms with Gasteiger partial charge in [0.15, 0.2) is 0 Å². The van der Waals surface area contributed by atoms with Crippen molar-refractivity contribution in [1.29, 1.82) is 0 Å². The quantitative estimate of drug-likeness (QED) is 0.567. The van der Waals surface area contributed by atoms with Crippen molar-refractivity contribution in [1.82, 2.24) is 0 Å². The summed E-state index contributed by atoms with van der Waals surface area (Å²) in [4.78, 5) is 0. The first-order chi connectivity index (χ1) is 5.46. The van der Waals surface area contributed by atoms with Crippen LogP contribution >= 0.6 is 0 Å². The number of hydrogen-bond acceptors (Lipinski definition) is 0. The van der Waals surface area contributed by atoms with Gasteiger partial charge in [0.2, 0.25) is 0 Å². The molecule has 0 heterocycles. The summed E-state index contributed by atoms with van der Waals surface area (Å²) in [5.74, 6) is -2.39. The van der Waals surface area contributed by atoms with Crippen LogP contribution < -0.4 is 0 Å². The molecule has 3 heteroatoms. The number of benzene rings is 1. The van der Waals surface area contributed by atoms with Gasteiger partial charge in [-0.15, -0.1) is 0 Å². The van der Waals surface area contributed by atoms with Gasteiger partial charge in [0.1, 0.15) is 17.5 Å². The van der Waals surface area contributed by atoms with E-state index < -0.39 is 17.5 Å². The van der Waals surface area contributed by atoms with E-state index in [-0.39, 0.29) is 16.7 Å². The molecule has 0 unspecified atom stereocenters. The van der Waals surface area contributed by atoms with Gasteiger partial charge >= 0.3 is 0 Å². The molecule has 0 saturated carbocycles. The molecule has 1 aromatic carbocycles. The molecule has 0 saturated heterocycles. The monoisotopic (exact) mass is 174 g/mol. The lowest BCUT2D eigenvalue weighted by Gasteiger charge is -2.07. The molecule has 66 valence electrons. The zero-order valence-corrected chi connectivity index (χ0v) is 7.13. The fourth-order valence-corrected chi connectivity index (χ4v) is 1.13. The standard InChI is InChI=1S/C9H9F3/c1-4-7(10)5(2)9(12)6(3)8(4)11/h1-3H3. The van der Waals surface area contributed by atoms with Gasteiger partial charge in [0, 0.05) is 16.7 Å². The van der Waals surface area contributed by atoms with Crippen LogP contribution in [0.2, 0.25) is 0 Å². The summed E-state index contributed by atoms with van der Waals surface area (Å²) < 4.78 is 38.9. The molecule has 1 rings (SSSR count). The normalized spacial score (nSPS) is 10.5. The van der Waals surface area contributed by atoms with E-state index >= 15 is 0 Å². The van der Waals surface area contributed by atoms with E-state index in [1.807, 2.05) is 0 Å². The van der Waals surface area contributed by atoms with Gasteiger partial charge < -0.3 is 0 Å². The van der Waals surface area contributed by atoms with E-state index in [1.165, 1.54) is 20.8 Å². The fourth-order valence-electron chi connectivity index (χ4n) is 1.13. The van der Waals surface area contributed by atoms with Crippen LogP contribution in [0.25, 0.3) is 0 Å². The minimum atomic E-state index is -0.796. The highest BCUT2D eigenvalue weighted by molar-refractivity contribution is 5.33. The number of hydrogen-bond donors (Lipinski definition) is 0. The maximum atomic E-state index is 13.0. The first-order valence-electron chi connectivity index (χ1n) is 3.57. The summed E-state index contributed by atoms with van der Waals surface area (Å²) in [6.45, 7) is 3.89. The van der Waals surface area contributed by atoms with Crippen molar-refractivity contribution in [3.8, 4) is 0 Å². The third kappa shape index (κ3) is 1.09. The zero-order valence-electron chi connectivity index (χ0n) is 7.13. The van der Waals surface area contributed by atoms with Crippen LogP contribution in [0.15, 0.2) is 0 Å². The van der Waals surface area contributed by atoms with Gasteiger partial charge in [-0.25, -0.2) is 13.2 Å². The molecule has 0 spiro atoms. The second-order valence-electron chi connectivity index (χ2n) is 2.82. The number of halogens is 3. The molecule has 0 aromatic heterocycles. The predicted octanol–water partition coefficient (Wildman–Crippen LogP) is 3.03. The number of rotatable bonds is 0. The molecule has 0 aliphatic heterocycles. The minimum Gasteiger partial charge on any atom is -0.206 e. The third-order valence-corrected chi connectivity index (χ3v) is 1.98. The Bertz CT molecular complexity index is 224. The van der Waals surface area contributed by atoms with Crippen molar-refractivity contribution in [3.05, 3.63) is 34.1 Å². The van der Waals surface area contributed by atoms with Crippen molar-refractivity contribution in [2.75, 3.05) is 0 Å². The van der Waals surface area contributed by atoms with Gasteiger partial charge in [-0.1, -0.05) is 0 Å². The molecule has 0 bridgehead atoms. The fraction of sp³-hybridized carbons (Fsp3) is 0.333. The summed E-state index contributed by atoms with van der Waals surface area (Å²) in [7, 11) is 0. The maximum Gasteiger partial charge on any atom is 0.134 e. The minimum absolute atomic E-state index is 0.119. The average Bonchev–Trinajstić information content (AvgIpc) is 2.08. The first-order valence-corrected chi connectivity index (χ1v) is 3.57. The Balaban J connectivity index is 3.60. The summed E-state index contributed by atoms with van der Waals surface area (Å²) in [5, 5.41) is 0. The molecular formula is C9H9F3. The summed E-state index contributed by atoms with van der Waals surface area (Å²) in [5.41, 5.74) is -0.357. The molecule has 0 aliphatic carbocycles. The van der Waals surface area contributed by atoms with Crippen LogP contribution in [-0.2, 0) is 0 Å². The molecule has 0 atom stereocenters. The van der Waals surface area contributed by atoms with E-state index in [2.05, 4.69) is 0 Å². The van der Waals surface area contributed by atoms with Gasteiger partial charge in [0.05, 0.1) is 0 Å². The predicted molar refractivity (Wildman–Crippen MR) is 40.5 cm³/mol. The Morgan fingerprint density at radius 2 is 0.750 bits per heavy atom. The Labute approximate surface area is 69.0 Å². The molecule has 0 N–H and O–H groups in total. The van der Waals surface area contributed by atoms with Gasteiger partial charge in [0.25, 0.3) is 0 Å². The van der Waals surface area contributed by atoms with Crippen molar-refractivity contribution < 1.29 is 13.2 Å². The second kappa shape index (κ2) is 2.81. The molecule has 12 heavy (non-hydrogen) atoms. The van der Waals surface area contributed by atoms with Gasteiger partial charge in [-0.05, 0) is 20.8 Å². The maximum absolute atomic E-state index is 13.0. The van der Waals surface area contributed by atoms with Crippen LogP contribution in [-0.4, -0.2) is 0 Å². The van der Waals surface area contributed by atoms with Crippen LogP contribution in [0.4, 0.5) is 13.2 Å². The lowest BCUT2D eigenvalue weighted by atomic mass is 10.1. The smallest absolute Gasteiger partial charge is 0.134 e.